The molecule has 2 nitrogen and oxygen atoms in total. The minimum absolute atomic E-state index is 0.213. The van der Waals surface area contributed by atoms with Crippen molar-refractivity contribution in [3.05, 3.63) is 54.4 Å². The quantitative estimate of drug-likeness (QED) is 0.730. The Morgan fingerprint density at radius 2 is 2.10 bits per heavy atom. The summed E-state index contributed by atoms with van der Waals surface area (Å²) < 4.78 is 0. The molecular formula is C18H19NOS. The normalized spacial score (nSPS) is 14.5. The molecule has 0 N–H and O–H groups in total. The highest BCUT2D eigenvalue weighted by Gasteiger charge is 2.30. The van der Waals surface area contributed by atoms with E-state index < -0.39 is 0 Å². The molecule has 1 heterocycles. The molecule has 0 spiro atoms. The van der Waals surface area contributed by atoms with Crippen molar-refractivity contribution in [2.75, 3.05) is 11.4 Å². The molecule has 2 aromatic rings. The van der Waals surface area contributed by atoms with Gasteiger partial charge in [-0.2, -0.15) is 0 Å². The number of nitrogens with zero attached hydrogens (tertiary/aromatic N) is 1. The predicted molar refractivity (Wildman–Crippen MR) is 89.6 cm³/mol. The fraction of sp³-hybridized carbons (Fsp3) is 0.278. The van der Waals surface area contributed by atoms with Gasteiger partial charge in [0.15, 0.2) is 0 Å². The predicted octanol–water partition coefficient (Wildman–Crippen LogP) is 4.73. The maximum Gasteiger partial charge on any atom is 0.230 e. The number of rotatable bonds is 5. The van der Waals surface area contributed by atoms with Crippen molar-refractivity contribution in [1.82, 2.24) is 0 Å². The van der Waals surface area contributed by atoms with Crippen molar-refractivity contribution in [3.63, 3.8) is 0 Å². The molecule has 1 saturated carbocycles. The molecule has 0 saturated heterocycles. The molecule has 1 fully saturated rings. The van der Waals surface area contributed by atoms with E-state index in [9.17, 15) is 4.79 Å². The fourth-order valence-corrected chi connectivity index (χ4v) is 3.45. The standard InChI is InChI=1S/C18H19NOS/c1-2-11-19(18(20)15-9-6-10-15)16-12-17(21-13-16)14-7-4-3-5-8-14/h2-5,7-8,12-13,15H,1,6,9-11H2. The van der Waals surface area contributed by atoms with Crippen molar-refractivity contribution in [1.29, 1.82) is 0 Å². The molecular weight excluding hydrogens is 278 g/mol. The minimum Gasteiger partial charge on any atom is -0.308 e. The zero-order chi connectivity index (χ0) is 14.7. The van der Waals surface area contributed by atoms with Crippen LogP contribution < -0.4 is 4.90 Å². The summed E-state index contributed by atoms with van der Waals surface area (Å²) in [5, 5.41) is 2.07. The smallest absolute Gasteiger partial charge is 0.230 e. The lowest BCUT2D eigenvalue weighted by Crippen LogP contribution is -2.38. The van der Waals surface area contributed by atoms with Crippen molar-refractivity contribution in [3.8, 4) is 10.4 Å². The van der Waals surface area contributed by atoms with E-state index in [0.29, 0.717) is 6.54 Å². The first-order valence-corrected chi connectivity index (χ1v) is 8.24. The molecule has 0 unspecified atom stereocenters. The van der Waals surface area contributed by atoms with Gasteiger partial charge in [-0.3, -0.25) is 4.79 Å². The number of amides is 1. The number of thiophene rings is 1. The third-order valence-electron chi connectivity index (χ3n) is 3.99. The van der Waals surface area contributed by atoms with Gasteiger partial charge in [0, 0.05) is 22.7 Å². The SMILES string of the molecule is C=CCN(C(=O)C1CCC1)c1csc(-c2ccccc2)c1. The first-order valence-electron chi connectivity index (χ1n) is 7.36. The third-order valence-corrected chi connectivity index (χ3v) is 4.95. The molecule has 21 heavy (non-hydrogen) atoms. The molecule has 1 amide bonds. The highest BCUT2D eigenvalue weighted by Crippen LogP contribution is 2.35. The second-order valence-corrected chi connectivity index (χ2v) is 6.31. The Labute approximate surface area is 129 Å². The summed E-state index contributed by atoms with van der Waals surface area (Å²) in [5.74, 6) is 0.462. The molecule has 1 aliphatic rings. The lowest BCUT2D eigenvalue weighted by atomic mass is 9.84. The van der Waals surface area contributed by atoms with Crippen molar-refractivity contribution >= 4 is 22.9 Å². The summed E-state index contributed by atoms with van der Waals surface area (Å²) >= 11 is 1.68. The van der Waals surface area contributed by atoms with Gasteiger partial charge in [0.05, 0.1) is 5.69 Å². The van der Waals surface area contributed by atoms with Crippen LogP contribution in [0.2, 0.25) is 0 Å². The Morgan fingerprint density at radius 1 is 1.33 bits per heavy atom. The van der Waals surface area contributed by atoms with Crippen LogP contribution in [0.4, 0.5) is 5.69 Å². The zero-order valence-electron chi connectivity index (χ0n) is 12.0. The van der Waals surface area contributed by atoms with Gasteiger partial charge in [-0.1, -0.05) is 42.8 Å². The largest absolute Gasteiger partial charge is 0.308 e. The number of carbonyl (C=O) groups excluding carboxylic acids is 1. The summed E-state index contributed by atoms with van der Waals surface area (Å²) in [7, 11) is 0. The average molecular weight is 297 g/mol. The molecule has 1 aliphatic carbocycles. The maximum atomic E-state index is 12.5. The number of benzene rings is 1. The van der Waals surface area contributed by atoms with Gasteiger partial charge in [-0.05, 0) is 24.5 Å². The fourth-order valence-electron chi connectivity index (χ4n) is 2.55. The van der Waals surface area contributed by atoms with Crippen molar-refractivity contribution in [2.45, 2.75) is 19.3 Å². The lowest BCUT2D eigenvalue weighted by Gasteiger charge is -2.30. The Balaban J connectivity index is 1.84. The molecule has 0 atom stereocenters. The van der Waals surface area contributed by atoms with E-state index in [1.54, 1.807) is 17.4 Å². The second-order valence-electron chi connectivity index (χ2n) is 5.40. The van der Waals surface area contributed by atoms with E-state index in [-0.39, 0.29) is 11.8 Å². The Bertz CT molecular complexity index is 628. The molecule has 0 bridgehead atoms. The van der Waals surface area contributed by atoms with Gasteiger partial charge in [0.2, 0.25) is 5.91 Å². The van der Waals surface area contributed by atoms with Gasteiger partial charge in [-0.15, -0.1) is 17.9 Å². The lowest BCUT2D eigenvalue weighted by molar-refractivity contribution is -0.124. The third kappa shape index (κ3) is 2.93. The van der Waals surface area contributed by atoms with Crippen LogP contribution in [0.15, 0.2) is 54.4 Å². The number of carbonyl (C=O) groups is 1. The summed E-state index contributed by atoms with van der Waals surface area (Å²) in [6.45, 7) is 4.37. The van der Waals surface area contributed by atoms with Gasteiger partial charge in [0.25, 0.3) is 0 Å². The molecule has 1 aromatic heterocycles. The number of hydrogen-bond donors (Lipinski definition) is 0. The van der Waals surface area contributed by atoms with Crippen LogP contribution in [0.3, 0.4) is 0 Å². The van der Waals surface area contributed by atoms with Crippen LogP contribution in [0.1, 0.15) is 19.3 Å². The molecule has 3 rings (SSSR count). The maximum absolute atomic E-state index is 12.5. The molecule has 108 valence electrons. The molecule has 0 aliphatic heterocycles. The van der Waals surface area contributed by atoms with Crippen LogP contribution in [0.25, 0.3) is 10.4 Å². The monoisotopic (exact) mass is 297 g/mol. The number of anilines is 1. The van der Waals surface area contributed by atoms with Crippen LogP contribution in [-0.4, -0.2) is 12.5 Å². The van der Waals surface area contributed by atoms with E-state index in [0.717, 1.165) is 18.5 Å². The summed E-state index contributed by atoms with van der Waals surface area (Å²) in [4.78, 5) is 15.6. The number of hydrogen-bond acceptors (Lipinski definition) is 2. The average Bonchev–Trinajstić information content (AvgIpc) is 2.93. The Hall–Kier alpha value is -1.87. The first kappa shape index (κ1) is 14.1. The summed E-state index contributed by atoms with van der Waals surface area (Å²) in [6.07, 6.45) is 5.04. The zero-order valence-corrected chi connectivity index (χ0v) is 12.8. The van der Waals surface area contributed by atoms with Gasteiger partial charge >= 0.3 is 0 Å². The molecule has 3 heteroatoms. The van der Waals surface area contributed by atoms with E-state index >= 15 is 0 Å². The second kappa shape index (κ2) is 6.27. The Morgan fingerprint density at radius 3 is 2.71 bits per heavy atom. The topological polar surface area (TPSA) is 20.3 Å². The minimum atomic E-state index is 0.213. The Kier molecular flexibility index (Phi) is 4.20. The van der Waals surface area contributed by atoms with Gasteiger partial charge < -0.3 is 4.90 Å². The van der Waals surface area contributed by atoms with E-state index in [4.69, 9.17) is 0 Å². The van der Waals surface area contributed by atoms with Crippen molar-refractivity contribution in [2.24, 2.45) is 5.92 Å². The van der Waals surface area contributed by atoms with Crippen LogP contribution in [-0.2, 0) is 4.79 Å². The van der Waals surface area contributed by atoms with Crippen LogP contribution in [0.5, 0.6) is 0 Å². The highest BCUT2D eigenvalue weighted by molar-refractivity contribution is 7.14. The van der Waals surface area contributed by atoms with Gasteiger partial charge in [0.1, 0.15) is 0 Å². The molecule has 1 aromatic carbocycles. The summed E-state index contributed by atoms with van der Waals surface area (Å²) in [5.41, 5.74) is 2.19. The summed E-state index contributed by atoms with van der Waals surface area (Å²) in [6, 6.07) is 12.4. The van der Waals surface area contributed by atoms with E-state index in [1.165, 1.54) is 16.9 Å². The van der Waals surface area contributed by atoms with Gasteiger partial charge in [-0.25, -0.2) is 0 Å². The first-order chi connectivity index (χ1) is 10.3. The highest BCUT2D eigenvalue weighted by atomic mass is 32.1. The van der Waals surface area contributed by atoms with Crippen LogP contribution >= 0.6 is 11.3 Å². The van der Waals surface area contributed by atoms with E-state index in [2.05, 4.69) is 30.2 Å². The molecule has 0 radical (unpaired) electrons. The van der Waals surface area contributed by atoms with Crippen molar-refractivity contribution < 1.29 is 4.79 Å². The van der Waals surface area contributed by atoms with Crippen LogP contribution in [0, 0.1) is 5.92 Å². The van der Waals surface area contributed by atoms with E-state index in [1.807, 2.05) is 23.1 Å².